The molecule has 2 heterocycles. The van der Waals surface area contributed by atoms with E-state index in [1.807, 2.05) is 0 Å². The fraction of sp³-hybridized carbons (Fsp3) is 0.917. The first-order valence-electron chi connectivity index (χ1n) is 6.59. The van der Waals surface area contributed by atoms with E-state index >= 15 is 0 Å². The Labute approximate surface area is 108 Å². The van der Waals surface area contributed by atoms with Crippen LogP contribution in [0.3, 0.4) is 0 Å². The van der Waals surface area contributed by atoms with Crippen molar-refractivity contribution < 1.29 is 14.0 Å². The topological polar surface area (TPSA) is 58.8 Å². The lowest BCUT2D eigenvalue weighted by atomic mass is 10.1. The number of amides is 1. The number of halogens is 1. The molecular formula is C12H24FN3O2. The Balaban J connectivity index is 0.000000269. The van der Waals surface area contributed by atoms with Crippen LogP contribution in [0.25, 0.3) is 0 Å². The van der Waals surface area contributed by atoms with Crippen LogP contribution < -0.4 is 5.73 Å². The number of hydrogen-bond donors (Lipinski definition) is 1. The van der Waals surface area contributed by atoms with Gasteiger partial charge in [0.15, 0.2) is 0 Å². The Kier molecular flexibility index (Phi) is 7.15. The molecule has 2 rings (SSSR count). The van der Waals surface area contributed by atoms with Gasteiger partial charge in [0, 0.05) is 39.4 Å². The Hall–Kier alpha value is -0.720. The minimum atomic E-state index is -0.0417. The number of nitrogens with two attached hydrogens (primary N) is 1. The third-order valence-corrected chi connectivity index (χ3v) is 3.32. The number of likely N-dealkylation sites (tertiary alicyclic amines) is 1. The van der Waals surface area contributed by atoms with Gasteiger partial charge in [-0.25, -0.2) is 0 Å². The number of rotatable bonds is 2. The van der Waals surface area contributed by atoms with Crippen molar-refractivity contribution in [2.24, 2.45) is 5.73 Å². The summed E-state index contributed by atoms with van der Waals surface area (Å²) in [6.07, 6.45) is 3.94. The fourth-order valence-corrected chi connectivity index (χ4v) is 2.11. The van der Waals surface area contributed by atoms with Crippen LogP contribution in [0.15, 0.2) is 0 Å². The second kappa shape index (κ2) is 8.39. The average molecular weight is 261 g/mol. The van der Waals surface area contributed by atoms with E-state index in [9.17, 15) is 9.28 Å². The van der Waals surface area contributed by atoms with Crippen LogP contribution in [0, 0.1) is 0 Å². The monoisotopic (exact) mass is 261 g/mol. The molecular weight excluding hydrogens is 237 g/mol. The zero-order valence-electron chi connectivity index (χ0n) is 11.1. The van der Waals surface area contributed by atoms with Gasteiger partial charge in [0.25, 0.3) is 0 Å². The second-order valence-corrected chi connectivity index (χ2v) is 4.66. The third kappa shape index (κ3) is 5.29. The van der Waals surface area contributed by atoms with Crippen molar-refractivity contribution in [2.75, 3.05) is 39.9 Å². The van der Waals surface area contributed by atoms with Crippen LogP contribution in [-0.2, 0) is 9.53 Å². The highest BCUT2D eigenvalue weighted by atomic mass is 19.2. The van der Waals surface area contributed by atoms with Gasteiger partial charge in [-0.2, -0.15) is 0 Å². The molecule has 106 valence electrons. The predicted octanol–water partition coefficient (Wildman–Crippen LogP) is 0.549. The zero-order chi connectivity index (χ0) is 13.4. The molecule has 0 aromatic rings. The van der Waals surface area contributed by atoms with Gasteiger partial charge in [0.1, 0.15) is 0 Å². The van der Waals surface area contributed by atoms with Gasteiger partial charge in [-0.15, -0.1) is 9.60 Å². The summed E-state index contributed by atoms with van der Waals surface area (Å²) in [6, 6.07) is -0.0400. The number of carbonyl (C=O) groups excluding carboxylic acids is 1. The van der Waals surface area contributed by atoms with Crippen LogP contribution >= 0.6 is 0 Å². The number of hydrogen-bond acceptors (Lipinski definition) is 4. The minimum Gasteiger partial charge on any atom is -0.381 e. The summed E-state index contributed by atoms with van der Waals surface area (Å²) < 4.78 is 17.6. The summed E-state index contributed by atoms with van der Waals surface area (Å²) in [4.78, 5) is 12.8. The number of nitrogens with zero attached hydrogens (tertiary/aromatic N) is 2. The molecule has 1 amide bonds. The summed E-state index contributed by atoms with van der Waals surface area (Å²) >= 11 is 0. The van der Waals surface area contributed by atoms with E-state index in [-0.39, 0.29) is 18.5 Å². The smallest absolute Gasteiger partial charge is 0.236 e. The Morgan fingerprint density at radius 3 is 2.28 bits per heavy atom. The molecule has 0 atom stereocenters. The molecule has 0 saturated carbocycles. The van der Waals surface area contributed by atoms with Gasteiger partial charge in [0.05, 0.1) is 6.54 Å². The number of piperidine rings is 1. The SMILES string of the molecule is C1CCOC1.CN(F)C1CCN(C(=O)CN)CC1. The lowest BCUT2D eigenvalue weighted by Crippen LogP contribution is -2.45. The highest BCUT2D eigenvalue weighted by Crippen LogP contribution is 2.15. The highest BCUT2D eigenvalue weighted by molar-refractivity contribution is 5.78. The van der Waals surface area contributed by atoms with Gasteiger partial charge in [-0.3, -0.25) is 4.79 Å². The molecule has 2 N–H and O–H groups in total. The van der Waals surface area contributed by atoms with E-state index in [2.05, 4.69) is 0 Å². The van der Waals surface area contributed by atoms with Crippen molar-refractivity contribution in [3.05, 3.63) is 0 Å². The molecule has 2 fully saturated rings. The molecule has 18 heavy (non-hydrogen) atoms. The molecule has 2 aliphatic heterocycles. The molecule has 0 bridgehead atoms. The minimum absolute atomic E-state index is 0.0400. The summed E-state index contributed by atoms with van der Waals surface area (Å²) in [5, 5.41) is 0.726. The van der Waals surface area contributed by atoms with Gasteiger partial charge in [0.2, 0.25) is 5.91 Å². The summed E-state index contributed by atoms with van der Waals surface area (Å²) in [6.45, 7) is 3.29. The van der Waals surface area contributed by atoms with Crippen LogP contribution in [0.5, 0.6) is 0 Å². The zero-order valence-corrected chi connectivity index (χ0v) is 11.1. The first-order valence-corrected chi connectivity index (χ1v) is 6.59. The van der Waals surface area contributed by atoms with Crippen molar-refractivity contribution in [3.8, 4) is 0 Å². The molecule has 5 nitrogen and oxygen atoms in total. The van der Waals surface area contributed by atoms with E-state index in [1.165, 1.54) is 19.9 Å². The molecule has 0 aromatic carbocycles. The standard InChI is InChI=1S/C8H16FN3O.C4H8O/c1-11(9)7-2-4-12(5-3-7)8(13)6-10;1-2-4-5-3-1/h7H,2-6,10H2,1H3;1-4H2. The molecule has 0 radical (unpaired) electrons. The maximum Gasteiger partial charge on any atom is 0.236 e. The van der Waals surface area contributed by atoms with Crippen molar-refractivity contribution in [1.29, 1.82) is 0 Å². The van der Waals surface area contributed by atoms with Crippen molar-refractivity contribution in [3.63, 3.8) is 0 Å². The van der Waals surface area contributed by atoms with Crippen LogP contribution in [-0.4, -0.2) is 61.9 Å². The Morgan fingerprint density at radius 1 is 1.39 bits per heavy atom. The van der Waals surface area contributed by atoms with E-state index in [4.69, 9.17) is 10.5 Å². The van der Waals surface area contributed by atoms with Crippen molar-refractivity contribution >= 4 is 5.91 Å². The predicted molar refractivity (Wildman–Crippen MR) is 67.6 cm³/mol. The maximum atomic E-state index is 12.7. The molecule has 6 heteroatoms. The van der Waals surface area contributed by atoms with Crippen LogP contribution in [0.2, 0.25) is 0 Å². The Bertz CT molecular complexity index is 232. The van der Waals surface area contributed by atoms with Gasteiger partial charge >= 0.3 is 0 Å². The van der Waals surface area contributed by atoms with Gasteiger partial charge < -0.3 is 15.4 Å². The number of carbonyl (C=O) groups is 1. The summed E-state index contributed by atoms with van der Waals surface area (Å²) in [5.41, 5.74) is 5.22. The molecule has 0 aliphatic carbocycles. The lowest BCUT2D eigenvalue weighted by molar-refractivity contribution is -0.132. The van der Waals surface area contributed by atoms with E-state index in [0.29, 0.717) is 25.9 Å². The average Bonchev–Trinajstić information content (AvgIpc) is 2.97. The van der Waals surface area contributed by atoms with Crippen molar-refractivity contribution in [2.45, 2.75) is 31.7 Å². The quantitative estimate of drug-likeness (QED) is 0.738. The molecule has 2 saturated heterocycles. The second-order valence-electron chi connectivity index (χ2n) is 4.66. The van der Waals surface area contributed by atoms with Crippen molar-refractivity contribution in [1.82, 2.24) is 10.0 Å². The molecule has 0 unspecified atom stereocenters. The first kappa shape index (κ1) is 15.3. The molecule has 0 spiro atoms. The van der Waals surface area contributed by atoms with E-state index < -0.39 is 0 Å². The third-order valence-electron chi connectivity index (χ3n) is 3.32. The van der Waals surface area contributed by atoms with E-state index in [0.717, 1.165) is 18.3 Å². The Morgan fingerprint density at radius 2 is 1.94 bits per heavy atom. The van der Waals surface area contributed by atoms with E-state index in [1.54, 1.807) is 4.90 Å². The first-order chi connectivity index (χ1) is 8.65. The highest BCUT2D eigenvalue weighted by Gasteiger charge is 2.24. The normalized spacial score (nSPS) is 20.8. The summed E-state index contributed by atoms with van der Waals surface area (Å²) in [7, 11) is 1.42. The number of ether oxygens (including phenoxy) is 1. The van der Waals surface area contributed by atoms with Crippen LogP contribution in [0.1, 0.15) is 25.7 Å². The maximum absolute atomic E-state index is 12.7. The largest absolute Gasteiger partial charge is 0.381 e. The van der Waals surface area contributed by atoms with Gasteiger partial charge in [-0.1, -0.05) is 0 Å². The molecule has 2 aliphatic rings. The fourth-order valence-electron chi connectivity index (χ4n) is 2.11. The van der Waals surface area contributed by atoms with Gasteiger partial charge in [-0.05, 0) is 25.7 Å². The summed E-state index contributed by atoms with van der Waals surface area (Å²) in [5.74, 6) is -0.0417. The van der Waals surface area contributed by atoms with Crippen LogP contribution in [0.4, 0.5) is 4.48 Å². The lowest BCUT2D eigenvalue weighted by Gasteiger charge is -2.32. The molecule has 0 aromatic heterocycles.